The van der Waals surface area contributed by atoms with Crippen LogP contribution in [0.15, 0.2) is 66.7 Å². The van der Waals surface area contributed by atoms with Crippen LogP contribution in [-0.2, 0) is 14.2 Å². The molecule has 4 nitrogen and oxygen atoms in total. The summed E-state index contributed by atoms with van der Waals surface area (Å²) in [5.41, 5.74) is 4.91. The summed E-state index contributed by atoms with van der Waals surface area (Å²) in [7, 11) is 1.67. The van der Waals surface area contributed by atoms with Crippen LogP contribution in [0.25, 0.3) is 32.7 Å². The molecule has 0 unspecified atom stereocenters. The molecule has 33 heavy (non-hydrogen) atoms. The van der Waals surface area contributed by atoms with E-state index >= 15 is 0 Å². The molecule has 0 N–H and O–H groups in total. The zero-order valence-corrected chi connectivity index (χ0v) is 19.7. The summed E-state index contributed by atoms with van der Waals surface area (Å²) in [6.07, 6.45) is 0. The van der Waals surface area contributed by atoms with Crippen LogP contribution in [0.2, 0.25) is 0 Å². The second-order valence-corrected chi connectivity index (χ2v) is 8.23. The van der Waals surface area contributed by atoms with Gasteiger partial charge in [0.1, 0.15) is 12.4 Å². The van der Waals surface area contributed by atoms with Crippen molar-refractivity contribution in [3.05, 3.63) is 77.9 Å². The fourth-order valence-electron chi connectivity index (χ4n) is 4.16. The minimum atomic E-state index is 0.481. The number of methoxy groups -OCH3 is 1. The van der Waals surface area contributed by atoms with E-state index in [1.165, 1.54) is 33.0 Å². The highest BCUT2D eigenvalue weighted by Crippen LogP contribution is 2.43. The molecular formula is C29H32O4. The van der Waals surface area contributed by atoms with Gasteiger partial charge in [0.2, 0.25) is 0 Å². The van der Waals surface area contributed by atoms with Gasteiger partial charge in [0.15, 0.2) is 0 Å². The Morgan fingerprint density at radius 1 is 0.576 bits per heavy atom. The van der Waals surface area contributed by atoms with Gasteiger partial charge in [0.05, 0.1) is 33.0 Å². The molecule has 0 bridgehead atoms. The Morgan fingerprint density at radius 2 is 1.18 bits per heavy atom. The molecule has 4 aromatic carbocycles. The quantitative estimate of drug-likeness (QED) is 0.200. The lowest BCUT2D eigenvalue weighted by molar-refractivity contribution is 0.0182. The van der Waals surface area contributed by atoms with Crippen molar-refractivity contribution in [2.75, 3.05) is 46.8 Å². The predicted octanol–water partition coefficient (Wildman–Crippen LogP) is 6.34. The monoisotopic (exact) mass is 444 g/mol. The highest BCUT2D eigenvalue weighted by Gasteiger charge is 2.16. The number of benzene rings is 4. The topological polar surface area (TPSA) is 36.9 Å². The number of ether oxygens (including phenoxy) is 4. The molecule has 0 aromatic heterocycles. The summed E-state index contributed by atoms with van der Waals surface area (Å²) in [5.74, 6) is 0.920. The number of hydrogen-bond acceptors (Lipinski definition) is 4. The van der Waals surface area contributed by atoms with Crippen molar-refractivity contribution in [3.8, 4) is 16.9 Å². The Bertz CT molecular complexity index is 1200. The molecule has 4 heteroatoms. The third-order valence-corrected chi connectivity index (χ3v) is 5.72. The van der Waals surface area contributed by atoms with Crippen molar-refractivity contribution in [2.45, 2.75) is 13.8 Å². The van der Waals surface area contributed by atoms with E-state index in [9.17, 15) is 0 Å². The Balaban J connectivity index is 1.65. The van der Waals surface area contributed by atoms with Crippen LogP contribution < -0.4 is 4.74 Å². The fraction of sp³-hybridized carbons (Fsp3) is 0.310. The van der Waals surface area contributed by atoms with Crippen molar-refractivity contribution < 1.29 is 18.9 Å². The van der Waals surface area contributed by atoms with E-state index in [1.54, 1.807) is 7.11 Å². The average molecular weight is 445 g/mol. The lowest BCUT2D eigenvalue weighted by Gasteiger charge is -2.19. The molecule has 0 heterocycles. The minimum Gasteiger partial charge on any atom is -0.490 e. The number of rotatable bonds is 11. The number of aryl methyl sites for hydroxylation is 2. The molecule has 4 aromatic rings. The predicted molar refractivity (Wildman–Crippen MR) is 135 cm³/mol. The Morgan fingerprint density at radius 3 is 1.88 bits per heavy atom. The smallest absolute Gasteiger partial charge is 0.135 e. The third-order valence-electron chi connectivity index (χ3n) is 5.72. The lowest BCUT2D eigenvalue weighted by atomic mass is 9.90. The summed E-state index contributed by atoms with van der Waals surface area (Å²) in [5, 5.41) is 4.67. The van der Waals surface area contributed by atoms with E-state index in [4.69, 9.17) is 18.9 Å². The molecule has 0 fully saturated rings. The van der Waals surface area contributed by atoms with Gasteiger partial charge in [-0.1, -0.05) is 71.8 Å². The molecule has 0 aliphatic carbocycles. The van der Waals surface area contributed by atoms with Gasteiger partial charge in [-0.2, -0.15) is 0 Å². The zero-order chi connectivity index (χ0) is 23.0. The normalized spacial score (nSPS) is 11.4. The lowest BCUT2D eigenvalue weighted by Crippen LogP contribution is -2.12. The van der Waals surface area contributed by atoms with E-state index in [0.29, 0.717) is 39.6 Å². The molecule has 0 atom stereocenters. The SMILES string of the molecule is COCCOCCOCCOc1c2cc(C)ccc2c(-c2ccccc2)c2cc(C)ccc12. The van der Waals surface area contributed by atoms with Gasteiger partial charge in [-0.05, 0) is 41.8 Å². The van der Waals surface area contributed by atoms with Crippen LogP contribution in [0, 0.1) is 13.8 Å². The molecule has 4 rings (SSSR count). The molecular weight excluding hydrogens is 412 g/mol. The maximum absolute atomic E-state index is 6.38. The van der Waals surface area contributed by atoms with Crippen molar-refractivity contribution >= 4 is 21.5 Å². The van der Waals surface area contributed by atoms with E-state index in [-0.39, 0.29) is 0 Å². The van der Waals surface area contributed by atoms with Crippen molar-refractivity contribution in [1.29, 1.82) is 0 Å². The summed E-state index contributed by atoms with van der Waals surface area (Å²) in [4.78, 5) is 0. The highest BCUT2D eigenvalue weighted by atomic mass is 16.6. The van der Waals surface area contributed by atoms with Crippen LogP contribution in [0.3, 0.4) is 0 Å². The second-order valence-electron chi connectivity index (χ2n) is 8.23. The first-order chi connectivity index (χ1) is 16.2. The Labute approximate surface area is 196 Å². The van der Waals surface area contributed by atoms with Gasteiger partial charge in [0, 0.05) is 17.9 Å². The van der Waals surface area contributed by atoms with Crippen LogP contribution >= 0.6 is 0 Å². The molecule has 0 amide bonds. The van der Waals surface area contributed by atoms with Gasteiger partial charge in [-0.15, -0.1) is 0 Å². The van der Waals surface area contributed by atoms with Gasteiger partial charge in [0.25, 0.3) is 0 Å². The van der Waals surface area contributed by atoms with Gasteiger partial charge >= 0.3 is 0 Å². The zero-order valence-electron chi connectivity index (χ0n) is 19.7. The van der Waals surface area contributed by atoms with Gasteiger partial charge < -0.3 is 18.9 Å². The van der Waals surface area contributed by atoms with E-state index in [1.807, 2.05) is 0 Å². The first-order valence-electron chi connectivity index (χ1n) is 11.5. The molecule has 0 saturated carbocycles. The highest BCUT2D eigenvalue weighted by molar-refractivity contribution is 6.17. The maximum Gasteiger partial charge on any atom is 0.135 e. The van der Waals surface area contributed by atoms with E-state index in [0.717, 1.165) is 16.5 Å². The van der Waals surface area contributed by atoms with E-state index in [2.05, 4.69) is 80.6 Å². The van der Waals surface area contributed by atoms with Crippen LogP contribution in [0.5, 0.6) is 5.75 Å². The van der Waals surface area contributed by atoms with Crippen LogP contribution in [-0.4, -0.2) is 46.8 Å². The molecule has 0 spiro atoms. The van der Waals surface area contributed by atoms with Crippen molar-refractivity contribution in [3.63, 3.8) is 0 Å². The van der Waals surface area contributed by atoms with Crippen molar-refractivity contribution in [1.82, 2.24) is 0 Å². The molecule has 0 aliphatic rings. The van der Waals surface area contributed by atoms with Crippen LogP contribution in [0.4, 0.5) is 0 Å². The summed E-state index contributed by atoms with van der Waals surface area (Å²) in [6.45, 7) is 7.53. The Kier molecular flexibility index (Phi) is 7.95. The van der Waals surface area contributed by atoms with Crippen molar-refractivity contribution in [2.24, 2.45) is 0 Å². The first-order valence-corrected chi connectivity index (χ1v) is 11.5. The van der Waals surface area contributed by atoms with Gasteiger partial charge in [-0.3, -0.25) is 0 Å². The Hall–Kier alpha value is -2.92. The average Bonchev–Trinajstić information content (AvgIpc) is 2.83. The number of fused-ring (bicyclic) bond motifs is 2. The molecule has 172 valence electrons. The standard InChI is InChI=1S/C29H32O4/c1-21-10-12-25-26(19-21)28(23-7-5-4-6-8-23)24-11-9-22(2)20-27(24)29(25)33-18-17-32-16-15-31-14-13-30-3/h4-12,19-20H,13-18H2,1-3H3. The largest absolute Gasteiger partial charge is 0.490 e. The minimum absolute atomic E-state index is 0.481. The maximum atomic E-state index is 6.38. The van der Waals surface area contributed by atoms with Gasteiger partial charge in [-0.25, -0.2) is 0 Å². The van der Waals surface area contributed by atoms with Crippen LogP contribution in [0.1, 0.15) is 11.1 Å². The molecule has 0 saturated heterocycles. The summed E-state index contributed by atoms with van der Waals surface area (Å²) >= 11 is 0. The second kappa shape index (κ2) is 11.3. The molecule has 0 radical (unpaired) electrons. The fourth-order valence-corrected chi connectivity index (χ4v) is 4.16. The number of hydrogen-bond donors (Lipinski definition) is 0. The van der Waals surface area contributed by atoms with E-state index < -0.39 is 0 Å². The molecule has 0 aliphatic heterocycles. The summed E-state index contributed by atoms with van der Waals surface area (Å²) in [6, 6.07) is 23.8. The third kappa shape index (κ3) is 5.53. The summed E-state index contributed by atoms with van der Waals surface area (Å²) < 4.78 is 22.5. The first kappa shape index (κ1) is 23.2.